The van der Waals surface area contributed by atoms with Gasteiger partial charge in [-0.2, -0.15) is 0 Å². The number of hydrogen-bond donors (Lipinski definition) is 0. The van der Waals surface area contributed by atoms with Gasteiger partial charge in [0.15, 0.2) is 11.5 Å². The van der Waals surface area contributed by atoms with Gasteiger partial charge >= 0.3 is 5.97 Å². The first-order valence-corrected chi connectivity index (χ1v) is 5.49. The number of carbonyl (C=O) groups excluding carboxylic acids is 1. The number of benzene rings is 1. The number of methoxy groups -OCH3 is 1. The Labute approximate surface area is 105 Å². The van der Waals surface area contributed by atoms with E-state index in [9.17, 15) is 4.79 Å². The highest BCUT2D eigenvalue weighted by Gasteiger charge is 2.15. The number of nitrogens with zero attached hydrogens (tertiary/aromatic N) is 3. The SMILES string of the molecule is COC(=O)c1nnc(-c2ccccc2C)nc1C. The Bertz CT molecular complexity index is 597. The molecule has 1 aromatic heterocycles. The van der Waals surface area contributed by atoms with Crippen LogP contribution in [-0.4, -0.2) is 28.3 Å². The fraction of sp³-hybridized carbons (Fsp3) is 0.231. The Balaban J connectivity index is 2.47. The summed E-state index contributed by atoms with van der Waals surface area (Å²) >= 11 is 0. The highest BCUT2D eigenvalue weighted by atomic mass is 16.5. The van der Waals surface area contributed by atoms with Crippen LogP contribution in [0.2, 0.25) is 0 Å². The molecule has 0 atom stereocenters. The molecule has 92 valence electrons. The molecule has 5 nitrogen and oxygen atoms in total. The van der Waals surface area contributed by atoms with Gasteiger partial charge in [-0.15, -0.1) is 10.2 Å². The fourth-order valence-electron chi connectivity index (χ4n) is 1.63. The first kappa shape index (κ1) is 12.2. The number of aryl methyl sites for hydroxylation is 2. The van der Waals surface area contributed by atoms with Crippen molar-refractivity contribution in [1.29, 1.82) is 0 Å². The van der Waals surface area contributed by atoms with Gasteiger partial charge in [0.1, 0.15) is 0 Å². The average molecular weight is 243 g/mol. The predicted octanol–water partition coefficient (Wildman–Crippen LogP) is 1.94. The zero-order valence-electron chi connectivity index (χ0n) is 10.5. The van der Waals surface area contributed by atoms with Crippen LogP contribution in [0.4, 0.5) is 0 Å². The van der Waals surface area contributed by atoms with E-state index in [0.29, 0.717) is 11.5 Å². The lowest BCUT2D eigenvalue weighted by atomic mass is 10.1. The van der Waals surface area contributed by atoms with Crippen LogP contribution in [0.3, 0.4) is 0 Å². The molecule has 5 heteroatoms. The van der Waals surface area contributed by atoms with E-state index in [-0.39, 0.29) is 5.69 Å². The standard InChI is InChI=1S/C13H13N3O2/c1-8-6-4-5-7-10(8)12-14-9(2)11(15-16-12)13(17)18-3/h4-7H,1-3H3. The Morgan fingerprint density at radius 1 is 1.17 bits per heavy atom. The minimum absolute atomic E-state index is 0.148. The molecule has 0 N–H and O–H groups in total. The van der Waals surface area contributed by atoms with Crippen molar-refractivity contribution in [2.24, 2.45) is 0 Å². The van der Waals surface area contributed by atoms with E-state index in [4.69, 9.17) is 0 Å². The second-order valence-electron chi connectivity index (χ2n) is 3.88. The van der Waals surface area contributed by atoms with Gasteiger partial charge in [-0.3, -0.25) is 0 Å². The van der Waals surface area contributed by atoms with E-state index < -0.39 is 5.97 Å². The first-order valence-electron chi connectivity index (χ1n) is 5.49. The lowest BCUT2D eigenvalue weighted by Gasteiger charge is -2.06. The van der Waals surface area contributed by atoms with Gasteiger partial charge in [0, 0.05) is 5.56 Å². The Hall–Kier alpha value is -2.30. The highest BCUT2D eigenvalue weighted by Crippen LogP contribution is 2.19. The van der Waals surface area contributed by atoms with Gasteiger partial charge in [0.25, 0.3) is 0 Å². The van der Waals surface area contributed by atoms with Gasteiger partial charge < -0.3 is 4.74 Å². The molecule has 0 aliphatic rings. The Morgan fingerprint density at radius 2 is 1.89 bits per heavy atom. The second-order valence-corrected chi connectivity index (χ2v) is 3.88. The minimum Gasteiger partial charge on any atom is -0.464 e. The maximum Gasteiger partial charge on any atom is 0.360 e. The molecular formula is C13H13N3O2. The van der Waals surface area contributed by atoms with E-state index in [1.807, 2.05) is 31.2 Å². The average Bonchev–Trinajstić information content (AvgIpc) is 2.38. The van der Waals surface area contributed by atoms with Crippen LogP contribution in [0.25, 0.3) is 11.4 Å². The zero-order chi connectivity index (χ0) is 13.1. The third kappa shape index (κ3) is 2.20. The molecule has 0 aliphatic carbocycles. The quantitative estimate of drug-likeness (QED) is 0.754. The van der Waals surface area contributed by atoms with Crippen molar-refractivity contribution in [2.45, 2.75) is 13.8 Å². The van der Waals surface area contributed by atoms with Crippen LogP contribution in [0.1, 0.15) is 21.7 Å². The normalized spacial score (nSPS) is 10.2. The van der Waals surface area contributed by atoms with E-state index in [2.05, 4.69) is 19.9 Å². The molecule has 1 heterocycles. The van der Waals surface area contributed by atoms with Gasteiger partial charge in [-0.25, -0.2) is 9.78 Å². The predicted molar refractivity (Wildman–Crippen MR) is 66.1 cm³/mol. The molecule has 0 bridgehead atoms. The molecule has 2 aromatic rings. The Kier molecular flexibility index (Phi) is 3.32. The summed E-state index contributed by atoms with van der Waals surface area (Å²) in [7, 11) is 1.30. The van der Waals surface area contributed by atoms with Crippen molar-refractivity contribution in [3.05, 3.63) is 41.2 Å². The monoisotopic (exact) mass is 243 g/mol. The maximum atomic E-state index is 11.4. The summed E-state index contributed by atoms with van der Waals surface area (Å²) in [6.45, 7) is 3.69. The molecular weight excluding hydrogens is 230 g/mol. The van der Waals surface area contributed by atoms with Crippen molar-refractivity contribution in [3.63, 3.8) is 0 Å². The lowest BCUT2D eigenvalue weighted by Crippen LogP contribution is -2.11. The highest BCUT2D eigenvalue weighted by molar-refractivity contribution is 5.88. The summed E-state index contributed by atoms with van der Waals surface area (Å²) in [5.74, 6) is -0.0120. The van der Waals surface area contributed by atoms with Gasteiger partial charge in [-0.1, -0.05) is 24.3 Å². The number of rotatable bonds is 2. The number of hydrogen-bond acceptors (Lipinski definition) is 5. The van der Waals surface area contributed by atoms with Crippen LogP contribution >= 0.6 is 0 Å². The summed E-state index contributed by atoms with van der Waals surface area (Å²) in [5, 5.41) is 7.86. The smallest absolute Gasteiger partial charge is 0.360 e. The number of esters is 1. The minimum atomic E-state index is -0.524. The molecule has 2 rings (SSSR count). The van der Waals surface area contributed by atoms with E-state index in [0.717, 1.165) is 11.1 Å². The van der Waals surface area contributed by atoms with Crippen molar-refractivity contribution in [3.8, 4) is 11.4 Å². The summed E-state index contributed by atoms with van der Waals surface area (Å²) < 4.78 is 4.60. The topological polar surface area (TPSA) is 65.0 Å². The van der Waals surface area contributed by atoms with Crippen LogP contribution in [0.15, 0.2) is 24.3 Å². The Morgan fingerprint density at radius 3 is 2.50 bits per heavy atom. The number of aromatic nitrogens is 3. The van der Waals surface area contributed by atoms with Crippen molar-refractivity contribution < 1.29 is 9.53 Å². The third-order valence-electron chi connectivity index (χ3n) is 2.63. The molecule has 0 aliphatic heterocycles. The summed E-state index contributed by atoms with van der Waals surface area (Å²) in [5.41, 5.74) is 2.62. The van der Waals surface area contributed by atoms with Crippen LogP contribution in [0, 0.1) is 13.8 Å². The van der Waals surface area contributed by atoms with Gasteiger partial charge in [0.05, 0.1) is 12.8 Å². The van der Waals surface area contributed by atoms with Crippen LogP contribution < -0.4 is 0 Å². The molecule has 0 unspecified atom stereocenters. The molecule has 0 amide bonds. The summed E-state index contributed by atoms with van der Waals surface area (Å²) in [4.78, 5) is 15.7. The molecule has 18 heavy (non-hydrogen) atoms. The molecule has 0 fully saturated rings. The van der Waals surface area contributed by atoms with E-state index >= 15 is 0 Å². The van der Waals surface area contributed by atoms with Gasteiger partial charge in [0.2, 0.25) is 0 Å². The van der Waals surface area contributed by atoms with Gasteiger partial charge in [-0.05, 0) is 19.4 Å². The van der Waals surface area contributed by atoms with Crippen LogP contribution in [-0.2, 0) is 4.74 Å². The van der Waals surface area contributed by atoms with Crippen molar-refractivity contribution >= 4 is 5.97 Å². The summed E-state index contributed by atoms with van der Waals surface area (Å²) in [6.07, 6.45) is 0. The summed E-state index contributed by atoms with van der Waals surface area (Å²) in [6, 6.07) is 7.75. The molecule has 1 aromatic carbocycles. The number of carbonyl (C=O) groups is 1. The van der Waals surface area contributed by atoms with Crippen LogP contribution in [0.5, 0.6) is 0 Å². The largest absolute Gasteiger partial charge is 0.464 e. The van der Waals surface area contributed by atoms with Crippen molar-refractivity contribution in [2.75, 3.05) is 7.11 Å². The lowest BCUT2D eigenvalue weighted by molar-refractivity contribution is 0.0591. The maximum absolute atomic E-state index is 11.4. The molecule has 0 saturated heterocycles. The first-order chi connectivity index (χ1) is 8.63. The second kappa shape index (κ2) is 4.91. The molecule has 0 saturated carbocycles. The van der Waals surface area contributed by atoms with E-state index in [1.54, 1.807) is 6.92 Å². The zero-order valence-corrected chi connectivity index (χ0v) is 10.5. The molecule has 0 spiro atoms. The molecule has 0 radical (unpaired) electrons. The van der Waals surface area contributed by atoms with E-state index in [1.165, 1.54) is 7.11 Å². The third-order valence-corrected chi connectivity index (χ3v) is 2.63. The fourth-order valence-corrected chi connectivity index (χ4v) is 1.63. The van der Waals surface area contributed by atoms with Crippen molar-refractivity contribution in [1.82, 2.24) is 15.2 Å². The number of ether oxygens (including phenoxy) is 1.